The molecule has 0 aromatic heterocycles. The molecule has 0 radical (unpaired) electrons. The van der Waals surface area contributed by atoms with E-state index in [0.717, 1.165) is 28.2 Å². The molecule has 0 heterocycles. The first kappa shape index (κ1) is 25.6. The quantitative estimate of drug-likeness (QED) is 0.229. The van der Waals surface area contributed by atoms with Crippen LogP contribution in [0.1, 0.15) is 16.7 Å². The van der Waals surface area contributed by atoms with Gasteiger partial charge in [0.05, 0.1) is 4.90 Å². The number of rotatable bonds is 7. The van der Waals surface area contributed by atoms with Gasteiger partial charge < -0.3 is 15.4 Å². The summed E-state index contributed by atoms with van der Waals surface area (Å²) in [6.45, 7) is 2.91. The molecule has 3 aromatic rings. The predicted octanol–water partition coefficient (Wildman–Crippen LogP) is 3.92. The van der Waals surface area contributed by atoms with E-state index < -0.39 is 10.0 Å². The van der Waals surface area contributed by atoms with Crippen molar-refractivity contribution in [1.82, 2.24) is 10.6 Å². The molecule has 0 saturated heterocycles. The van der Waals surface area contributed by atoms with E-state index in [1.165, 1.54) is 6.07 Å². The minimum absolute atomic E-state index is 0. The highest BCUT2D eigenvalue weighted by Gasteiger charge is 2.09. The number of hydrogen-bond acceptors (Lipinski definition) is 4. The second-order valence-electron chi connectivity index (χ2n) is 7.00. The van der Waals surface area contributed by atoms with Crippen LogP contribution in [0.4, 0.5) is 0 Å². The van der Waals surface area contributed by atoms with Gasteiger partial charge in [0.15, 0.2) is 5.96 Å². The van der Waals surface area contributed by atoms with Crippen LogP contribution in [0.25, 0.3) is 0 Å². The van der Waals surface area contributed by atoms with E-state index in [4.69, 9.17) is 9.88 Å². The Labute approximate surface area is 206 Å². The first-order chi connectivity index (χ1) is 14.8. The van der Waals surface area contributed by atoms with Crippen molar-refractivity contribution in [1.29, 1.82) is 0 Å². The third-order valence-electron chi connectivity index (χ3n) is 4.55. The standard InChI is InChI=1S/C23H26N4O3S.HI/c1-17-11-12-19(22(13-17)30-20-8-4-3-5-9-20)16-27-23(25-2)26-15-18-7-6-10-21(14-18)31(24,28)29;/h3-14H,15-16H2,1-2H3,(H2,24,28,29)(H2,25,26,27);1H. The number of nitrogens with one attached hydrogen (secondary N) is 2. The van der Waals surface area contributed by atoms with E-state index in [9.17, 15) is 8.42 Å². The van der Waals surface area contributed by atoms with E-state index >= 15 is 0 Å². The van der Waals surface area contributed by atoms with E-state index in [0.29, 0.717) is 19.0 Å². The van der Waals surface area contributed by atoms with Gasteiger partial charge in [0, 0.05) is 25.7 Å². The Morgan fingerprint density at radius 1 is 0.969 bits per heavy atom. The normalized spacial score (nSPS) is 11.4. The second-order valence-corrected chi connectivity index (χ2v) is 8.56. The number of nitrogens with two attached hydrogens (primary N) is 1. The maximum absolute atomic E-state index is 11.5. The summed E-state index contributed by atoms with van der Waals surface area (Å²) in [5, 5.41) is 11.6. The number of para-hydroxylation sites is 1. The molecule has 0 aliphatic rings. The molecule has 0 bridgehead atoms. The number of aryl methyl sites for hydroxylation is 1. The third-order valence-corrected chi connectivity index (χ3v) is 5.46. The van der Waals surface area contributed by atoms with Gasteiger partial charge in [-0.2, -0.15) is 0 Å². The first-order valence-corrected chi connectivity index (χ1v) is 11.3. The van der Waals surface area contributed by atoms with Crippen molar-refractivity contribution in [2.24, 2.45) is 10.1 Å². The monoisotopic (exact) mass is 566 g/mol. The predicted molar refractivity (Wildman–Crippen MR) is 138 cm³/mol. The van der Waals surface area contributed by atoms with Crippen molar-refractivity contribution >= 4 is 40.0 Å². The van der Waals surface area contributed by atoms with Crippen molar-refractivity contribution in [3.8, 4) is 11.5 Å². The van der Waals surface area contributed by atoms with Gasteiger partial charge in [-0.25, -0.2) is 13.6 Å². The van der Waals surface area contributed by atoms with Gasteiger partial charge in [-0.3, -0.25) is 4.99 Å². The summed E-state index contributed by atoms with van der Waals surface area (Å²) in [7, 11) is -2.06. The van der Waals surface area contributed by atoms with Crippen LogP contribution in [-0.2, 0) is 23.1 Å². The van der Waals surface area contributed by atoms with Crippen LogP contribution >= 0.6 is 24.0 Å². The van der Waals surface area contributed by atoms with Gasteiger partial charge in [0.25, 0.3) is 0 Å². The molecule has 3 rings (SSSR count). The molecule has 0 amide bonds. The highest BCUT2D eigenvalue weighted by molar-refractivity contribution is 14.0. The maximum Gasteiger partial charge on any atom is 0.238 e. The SMILES string of the molecule is CN=C(NCc1cccc(S(N)(=O)=O)c1)NCc1ccc(C)cc1Oc1ccccc1.I. The van der Waals surface area contributed by atoms with Crippen LogP contribution < -0.4 is 20.5 Å². The molecule has 0 spiro atoms. The number of nitrogens with zero attached hydrogens (tertiary/aromatic N) is 1. The second kappa shape index (κ2) is 11.8. The van der Waals surface area contributed by atoms with Gasteiger partial charge in [-0.05, 0) is 48.4 Å². The number of halogens is 1. The lowest BCUT2D eigenvalue weighted by atomic mass is 10.1. The molecule has 4 N–H and O–H groups in total. The number of sulfonamides is 1. The first-order valence-electron chi connectivity index (χ1n) is 9.74. The van der Waals surface area contributed by atoms with Crippen LogP contribution in [0.15, 0.2) is 82.7 Å². The number of ether oxygens (including phenoxy) is 1. The molecule has 170 valence electrons. The largest absolute Gasteiger partial charge is 0.457 e. The summed E-state index contributed by atoms with van der Waals surface area (Å²) in [5.74, 6) is 2.12. The molecular formula is C23H27IN4O3S. The molecular weight excluding hydrogens is 539 g/mol. The molecule has 0 atom stereocenters. The fourth-order valence-corrected chi connectivity index (χ4v) is 3.52. The van der Waals surface area contributed by atoms with Crippen LogP contribution in [0.3, 0.4) is 0 Å². The van der Waals surface area contributed by atoms with Crippen molar-refractivity contribution in [3.05, 3.63) is 89.5 Å². The zero-order valence-electron chi connectivity index (χ0n) is 17.9. The average Bonchev–Trinajstić information content (AvgIpc) is 2.75. The van der Waals surface area contributed by atoms with Crippen molar-refractivity contribution in [3.63, 3.8) is 0 Å². The molecule has 0 aliphatic heterocycles. The average molecular weight is 566 g/mol. The van der Waals surface area contributed by atoms with Crippen molar-refractivity contribution in [2.75, 3.05) is 7.05 Å². The summed E-state index contributed by atoms with van der Waals surface area (Å²) in [6, 6.07) is 22.2. The zero-order chi connectivity index (χ0) is 22.3. The highest BCUT2D eigenvalue weighted by Crippen LogP contribution is 2.26. The van der Waals surface area contributed by atoms with Gasteiger partial charge in [0.1, 0.15) is 11.5 Å². The number of guanidine groups is 1. The number of benzene rings is 3. The minimum Gasteiger partial charge on any atom is -0.457 e. The topological polar surface area (TPSA) is 106 Å². The Morgan fingerprint density at radius 3 is 2.38 bits per heavy atom. The highest BCUT2D eigenvalue weighted by atomic mass is 127. The van der Waals surface area contributed by atoms with Gasteiger partial charge in [-0.15, -0.1) is 24.0 Å². The van der Waals surface area contributed by atoms with Crippen molar-refractivity contribution in [2.45, 2.75) is 24.9 Å². The Bertz CT molecular complexity index is 1170. The third kappa shape index (κ3) is 7.50. The van der Waals surface area contributed by atoms with Crippen LogP contribution in [-0.4, -0.2) is 21.4 Å². The van der Waals surface area contributed by atoms with Gasteiger partial charge in [0.2, 0.25) is 10.0 Å². The summed E-state index contributed by atoms with van der Waals surface area (Å²) >= 11 is 0. The molecule has 7 nitrogen and oxygen atoms in total. The molecule has 3 aromatic carbocycles. The summed E-state index contributed by atoms with van der Waals surface area (Å²) in [6.07, 6.45) is 0. The lowest BCUT2D eigenvalue weighted by Crippen LogP contribution is -2.36. The molecule has 0 unspecified atom stereocenters. The molecule has 0 fully saturated rings. The smallest absolute Gasteiger partial charge is 0.238 e. The summed E-state index contributed by atoms with van der Waals surface area (Å²) in [4.78, 5) is 4.31. The fourth-order valence-electron chi connectivity index (χ4n) is 2.94. The molecule has 9 heteroatoms. The van der Waals surface area contributed by atoms with E-state index in [2.05, 4.69) is 15.6 Å². The fraction of sp³-hybridized carbons (Fsp3) is 0.174. The van der Waals surface area contributed by atoms with Crippen LogP contribution in [0.5, 0.6) is 11.5 Å². The van der Waals surface area contributed by atoms with E-state index in [1.807, 2.05) is 61.5 Å². The molecule has 0 saturated carbocycles. The maximum atomic E-state index is 11.5. The van der Waals surface area contributed by atoms with Gasteiger partial charge >= 0.3 is 0 Å². The lowest BCUT2D eigenvalue weighted by Gasteiger charge is -2.15. The summed E-state index contributed by atoms with van der Waals surface area (Å²) in [5.41, 5.74) is 2.86. The Kier molecular flexibility index (Phi) is 9.48. The number of hydrogen-bond donors (Lipinski definition) is 3. The lowest BCUT2D eigenvalue weighted by molar-refractivity contribution is 0.474. The Balaban J connectivity index is 0.00000363. The molecule has 32 heavy (non-hydrogen) atoms. The zero-order valence-corrected chi connectivity index (χ0v) is 21.1. The number of aliphatic imine (C=N–C) groups is 1. The number of primary sulfonamides is 1. The molecule has 0 aliphatic carbocycles. The minimum atomic E-state index is -3.74. The van der Waals surface area contributed by atoms with E-state index in [-0.39, 0.29) is 28.9 Å². The van der Waals surface area contributed by atoms with Crippen LogP contribution in [0.2, 0.25) is 0 Å². The summed E-state index contributed by atoms with van der Waals surface area (Å²) < 4.78 is 29.1. The van der Waals surface area contributed by atoms with Gasteiger partial charge in [-0.1, -0.05) is 42.5 Å². The Hall–Kier alpha value is -2.63. The van der Waals surface area contributed by atoms with Crippen LogP contribution in [0, 0.1) is 6.92 Å². The Morgan fingerprint density at radius 2 is 1.69 bits per heavy atom. The van der Waals surface area contributed by atoms with Crippen molar-refractivity contribution < 1.29 is 13.2 Å². The van der Waals surface area contributed by atoms with E-state index in [1.54, 1.807) is 19.2 Å².